The standard InChI is InChI=1S/C22H18N2O4S2/c1-28-17-10-11-19-20(13-17)29-22(23-19)24-21(25)16-8-5-9-18(12-16)30(26,27)14-15-6-3-2-4-7-15/h2-13H,14H2,1H3,(H,23,24,25). The van der Waals surface area contributed by atoms with Gasteiger partial charge in [0.1, 0.15) is 5.75 Å². The van der Waals surface area contributed by atoms with E-state index in [1.165, 1.54) is 23.5 Å². The molecule has 0 saturated heterocycles. The number of rotatable bonds is 6. The van der Waals surface area contributed by atoms with Gasteiger partial charge in [-0.05, 0) is 42.0 Å². The number of amides is 1. The molecule has 8 heteroatoms. The molecule has 1 heterocycles. The predicted molar refractivity (Wildman–Crippen MR) is 118 cm³/mol. The van der Waals surface area contributed by atoms with Crippen LogP contribution in [0.15, 0.2) is 77.7 Å². The summed E-state index contributed by atoms with van der Waals surface area (Å²) < 4.78 is 31.6. The highest BCUT2D eigenvalue weighted by molar-refractivity contribution is 7.90. The molecule has 0 aliphatic heterocycles. The fourth-order valence-corrected chi connectivity index (χ4v) is 5.24. The number of benzene rings is 3. The Labute approximate surface area is 178 Å². The van der Waals surface area contributed by atoms with E-state index in [-0.39, 0.29) is 16.2 Å². The first-order chi connectivity index (χ1) is 14.4. The van der Waals surface area contributed by atoms with Gasteiger partial charge in [0, 0.05) is 5.56 Å². The topological polar surface area (TPSA) is 85.4 Å². The van der Waals surface area contributed by atoms with Crippen LogP contribution in [0.1, 0.15) is 15.9 Å². The summed E-state index contributed by atoms with van der Waals surface area (Å²) >= 11 is 1.32. The first kappa shape index (κ1) is 20.1. The number of nitrogens with zero attached hydrogens (tertiary/aromatic N) is 1. The van der Waals surface area contributed by atoms with Crippen molar-refractivity contribution in [1.82, 2.24) is 4.98 Å². The number of aromatic nitrogens is 1. The number of carbonyl (C=O) groups excluding carboxylic acids is 1. The first-order valence-electron chi connectivity index (χ1n) is 9.07. The molecular formula is C22H18N2O4S2. The van der Waals surface area contributed by atoms with Crippen LogP contribution in [0.5, 0.6) is 5.75 Å². The van der Waals surface area contributed by atoms with Gasteiger partial charge in [-0.1, -0.05) is 47.7 Å². The van der Waals surface area contributed by atoms with Gasteiger partial charge in [-0.2, -0.15) is 0 Å². The first-order valence-corrected chi connectivity index (χ1v) is 11.5. The summed E-state index contributed by atoms with van der Waals surface area (Å²) in [6.07, 6.45) is 0. The average Bonchev–Trinajstić information content (AvgIpc) is 3.15. The van der Waals surface area contributed by atoms with Gasteiger partial charge in [0.2, 0.25) is 0 Å². The molecule has 0 saturated carbocycles. The largest absolute Gasteiger partial charge is 0.497 e. The van der Waals surface area contributed by atoms with Crippen molar-refractivity contribution in [3.8, 4) is 5.75 Å². The van der Waals surface area contributed by atoms with Crippen molar-refractivity contribution in [3.05, 3.63) is 83.9 Å². The van der Waals surface area contributed by atoms with Gasteiger partial charge in [-0.25, -0.2) is 13.4 Å². The third kappa shape index (κ3) is 4.34. The van der Waals surface area contributed by atoms with E-state index in [0.717, 1.165) is 10.2 Å². The second-order valence-corrected chi connectivity index (χ2v) is 9.60. The van der Waals surface area contributed by atoms with Gasteiger partial charge in [0.05, 0.1) is 28.0 Å². The van der Waals surface area contributed by atoms with E-state index < -0.39 is 15.7 Å². The Bertz CT molecular complexity index is 1320. The molecule has 0 unspecified atom stereocenters. The van der Waals surface area contributed by atoms with E-state index in [4.69, 9.17) is 4.74 Å². The number of hydrogen-bond donors (Lipinski definition) is 1. The van der Waals surface area contributed by atoms with Crippen molar-refractivity contribution in [1.29, 1.82) is 0 Å². The van der Waals surface area contributed by atoms with Crippen LogP contribution < -0.4 is 10.1 Å². The maximum atomic E-state index is 12.8. The molecule has 0 spiro atoms. The summed E-state index contributed by atoms with van der Waals surface area (Å²) in [6.45, 7) is 0. The smallest absolute Gasteiger partial charge is 0.257 e. The summed E-state index contributed by atoms with van der Waals surface area (Å²) in [4.78, 5) is 17.2. The van der Waals surface area contributed by atoms with E-state index >= 15 is 0 Å². The Morgan fingerprint density at radius 1 is 1.03 bits per heavy atom. The Morgan fingerprint density at radius 2 is 1.83 bits per heavy atom. The van der Waals surface area contributed by atoms with Crippen LogP contribution in [0.4, 0.5) is 5.13 Å². The Balaban J connectivity index is 1.55. The normalized spacial score (nSPS) is 11.4. The number of nitrogens with one attached hydrogen (secondary N) is 1. The summed E-state index contributed by atoms with van der Waals surface area (Å²) in [5.74, 6) is 0.164. The van der Waals surface area contributed by atoms with Gasteiger partial charge in [0.15, 0.2) is 15.0 Å². The lowest BCUT2D eigenvalue weighted by Gasteiger charge is -2.07. The molecule has 0 radical (unpaired) electrons. The lowest BCUT2D eigenvalue weighted by Crippen LogP contribution is -2.13. The molecule has 152 valence electrons. The van der Waals surface area contributed by atoms with Crippen LogP contribution in [0.3, 0.4) is 0 Å². The molecule has 0 aliphatic rings. The van der Waals surface area contributed by atoms with E-state index in [2.05, 4.69) is 10.3 Å². The highest BCUT2D eigenvalue weighted by Crippen LogP contribution is 2.29. The Kier molecular flexibility index (Phi) is 5.52. The van der Waals surface area contributed by atoms with Gasteiger partial charge >= 0.3 is 0 Å². The number of hydrogen-bond acceptors (Lipinski definition) is 6. The SMILES string of the molecule is COc1ccc2nc(NC(=O)c3cccc(S(=O)(=O)Cc4ccccc4)c3)sc2c1. The highest BCUT2D eigenvalue weighted by atomic mass is 32.2. The summed E-state index contributed by atoms with van der Waals surface area (Å²) in [5, 5.41) is 3.18. The van der Waals surface area contributed by atoms with Crippen molar-refractivity contribution in [2.24, 2.45) is 0 Å². The van der Waals surface area contributed by atoms with Crippen LogP contribution in [-0.4, -0.2) is 26.4 Å². The maximum Gasteiger partial charge on any atom is 0.257 e. The van der Waals surface area contributed by atoms with Gasteiger partial charge in [-0.3, -0.25) is 10.1 Å². The number of ether oxygens (including phenoxy) is 1. The average molecular weight is 439 g/mol. The molecule has 0 bridgehead atoms. The third-order valence-electron chi connectivity index (χ3n) is 4.47. The number of fused-ring (bicyclic) bond motifs is 1. The predicted octanol–water partition coefficient (Wildman–Crippen LogP) is 4.53. The summed E-state index contributed by atoms with van der Waals surface area (Å²) in [6, 6.07) is 20.4. The minimum absolute atomic E-state index is 0.105. The lowest BCUT2D eigenvalue weighted by molar-refractivity contribution is 0.102. The minimum atomic E-state index is -3.58. The van der Waals surface area contributed by atoms with Gasteiger partial charge in [0.25, 0.3) is 5.91 Å². The van der Waals surface area contributed by atoms with Crippen LogP contribution >= 0.6 is 11.3 Å². The van der Waals surface area contributed by atoms with Crippen LogP contribution in [0, 0.1) is 0 Å². The molecule has 0 atom stereocenters. The zero-order valence-electron chi connectivity index (χ0n) is 16.0. The quantitative estimate of drug-likeness (QED) is 0.478. The summed E-state index contributed by atoms with van der Waals surface area (Å²) in [7, 11) is -1.99. The Morgan fingerprint density at radius 3 is 2.60 bits per heavy atom. The van der Waals surface area contributed by atoms with Crippen molar-refractivity contribution in [3.63, 3.8) is 0 Å². The zero-order chi connectivity index (χ0) is 21.1. The van der Waals surface area contributed by atoms with E-state index in [0.29, 0.717) is 16.4 Å². The fraction of sp³-hybridized carbons (Fsp3) is 0.0909. The van der Waals surface area contributed by atoms with Crippen molar-refractivity contribution < 1.29 is 17.9 Å². The van der Waals surface area contributed by atoms with E-state index in [9.17, 15) is 13.2 Å². The maximum absolute atomic E-state index is 12.8. The van der Waals surface area contributed by atoms with Gasteiger partial charge in [-0.15, -0.1) is 0 Å². The molecule has 1 aromatic heterocycles. The fourth-order valence-electron chi connectivity index (χ4n) is 2.96. The molecule has 1 N–H and O–H groups in total. The van der Waals surface area contributed by atoms with Crippen LogP contribution in [0.2, 0.25) is 0 Å². The second kappa shape index (κ2) is 8.25. The van der Waals surface area contributed by atoms with Gasteiger partial charge < -0.3 is 4.74 Å². The molecule has 6 nitrogen and oxygen atoms in total. The highest BCUT2D eigenvalue weighted by Gasteiger charge is 2.18. The van der Waals surface area contributed by atoms with E-state index in [1.807, 2.05) is 18.2 Å². The number of anilines is 1. The van der Waals surface area contributed by atoms with Crippen molar-refractivity contribution in [2.75, 3.05) is 12.4 Å². The molecular weight excluding hydrogens is 420 g/mol. The number of methoxy groups -OCH3 is 1. The molecule has 0 fully saturated rings. The molecule has 3 aromatic carbocycles. The molecule has 30 heavy (non-hydrogen) atoms. The number of sulfone groups is 1. The zero-order valence-corrected chi connectivity index (χ0v) is 17.7. The van der Waals surface area contributed by atoms with Crippen LogP contribution in [0.25, 0.3) is 10.2 Å². The third-order valence-corrected chi connectivity index (χ3v) is 7.09. The monoisotopic (exact) mass is 438 g/mol. The van der Waals surface area contributed by atoms with Crippen molar-refractivity contribution >= 4 is 42.4 Å². The molecule has 4 aromatic rings. The molecule has 0 aliphatic carbocycles. The number of thiazole rings is 1. The van der Waals surface area contributed by atoms with Crippen LogP contribution in [-0.2, 0) is 15.6 Å². The minimum Gasteiger partial charge on any atom is -0.497 e. The number of carbonyl (C=O) groups is 1. The second-order valence-electron chi connectivity index (χ2n) is 6.58. The Hall–Kier alpha value is -3.23. The summed E-state index contributed by atoms with van der Waals surface area (Å²) in [5.41, 5.74) is 1.69. The molecule has 4 rings (SSSR count). The van der Waals surface area contributed by atoms with E-state index in [1.54, 1.807) is 49.6 Å². The lowest BCUT2D eigenvalue weighted by atomic mass is 10.2. The van der Waals surface area contributed by atoms with Crippen molar-refractivity contribution in [2.45, 2.75) is 10.6 Å². The molecule has 1 amide bonds.